The zero-order valence-electron chi connectivity index (χ0n) is 23.2. The standard InChI is InChI=1S/C30H27Cl2N3O7/c1-38-26-9-5-18(12-28(26)40-3)11-22(19-7-10-27(39-2)29(14-19)41-4)30(37)42-17-21-15-35(34-33-21)16-25(36)20-6-8-23(31)24(32)13-20/h5-15H,16-17H2,1-4H3/b22-11+. The monoisotopic (exact) mass is 611 g/mol. The van der Waals surface area contributed by atoms with Crippen molar-refractivity contribution in [3.63, 3.8) is 0 Å². The summed E-state index contributed by atoms with van der Waals surface area (Å²) < 4.78 is 28.4. The highest BCUT2D eigenvalue weighted by molar-refractivity contribution is 6.42. The topological polar surface area (TPSA) is 111 Å². The van der Waals surface area contributed by atoms with E-state index in [-0.39, 0.29) is 29.5 Å². The minimum atomic E-state index is -0.626. The van der Waals surface area contributed by atoms with Crippen LogP contribution in [0.5, 0.6) is 23.0 Å². The first-order valence-electron chi connectivity index (χ1n) is 12.5. The quantitative estimate of drug-likeness (QED) is 0.0850. The van der Waals surface area contributed by atoms with E-state index in [1.807, 2.05) is 0 Å². The minimum Gasteiger partial charge on any atom is -0.493 e. The number of benzene rings is 3. The van der Waals surface area contributed by atoms with Gasteiger partial charge in [0, 0.05) is 5.56 Å². The second-order valence-electron chi connectivity index (χ2n) is 8.78. The molecule has 0 aliphatic rings. The van der Waals surface area contributed by atoms with Crippen molar-refractivity contribution in [1.29, 1.82) is 0 Å². The maximum Gasteiger partial charge on any atom is 0.339 e. The molecule has 0 unspecified atom stereocenters. The first-order chi connectivity index (χ1) is 20.3. The van der Waals surface area contributed by atoms with Crippen LogP contribution in [0.15, 0.2) is 60.8 Å². The highest BCUT2D eigenvalue weighted by Gasteiger charge is 2.19. The van der Waals surface area contributed by atoms with Gasteiger partial charge in [0.2, 0.25) is 0 Å². The Bertz CT molecular complexity index is 1640. The lowest BCUT2D eigenvalue weighted by Gasteiger charge is -2.13. The number of nitrogens with zero attached hydrogens (tertiary/aromatic N) is 3. The van der Waals surface area contributed by atoms with E-state index in [1.165, 1.54) is 38.3 Å². The van der Waals surface area contributed by atoms with Crippen LogP contribution in [0.4, 0.5) is 0 Å². The molecule has 1 aromatic heterocycles. The van der Waals surface area contributed by atoms with Gasteiger partial charge in [-0.05, 0) is 59.7 Å². The number of hydrogen-bond acceptors (Lipinski definition) is 9. The van der Waals surface area contributed by atoms with Crippen LogP contribution in [0.1, 0.15) is 27.2 Å². The third-order valence-corrected chi connectivity index (χ3v) is 6.86. The van der Waals surface area contributed by atoms with Crippen molar-refractivity contribution in [2.24, 2.45) is 0 Å². The third kappa shape index (κ3) is 7.20. The number of aromatic nitrogens is 3. The van der Waals surface area contributed by atoms with Gasteiger partial charge in [-0.15, -0.1) is 5.10 Å². The fraction of sp³-hybridized carbons (Fsp3) is 0.200. The molecule has 0 fully saturated rings. The lowest BCUT2D eigenvalue weighted by atomic mass is 10.0. The van der Waals surface area contributed by atoms with Crippen LogP contribution < -0.4 is 18.9 Å². The number of ether oxygens (including phenoxy) is 5. The molecule has 10 nitrogen and oxygen atoms in total. The van der Waals surface area contributed by atoms with E-state index in [1.54, 1.807) is 61.7 Å². The number of esters is 1. The van der Waals surface area contributed by atoms with E-state index in [4.69, 9.17) is 46.9 Å². The van der Waals surface area contributed by atoms with Crippen LogP contribution in [-0.4, -0.2) is 55.2 Å². The number of ketones is 1. The Morgan fingerprint density at radius 3 is 2.10 bits per heavy atom. The Morgan fingerprint density at radius 1 is 0.786 bits per heavy atom. The predicted octanol–water partition coefficient (Wildman–Crippen LogP) is 5.79. The summed E-state index contributed by atoms with van der Waals surface area (Å²) in [5.41, 5.74) is 2.17. The van der Waals surface area contributed by atoms with Gasteiger partial charge in [0.1, 0.15) is 18.8 Å². The molecule has 1 heterocycles. The molecule has 0 spiro atoms. The fourth-order valence-electron chi connectivity index (χ4n) is 3.98. The number of hydrogen-bond donors (Lipinski definition) is 0. The Morgan fingerprint density at radius 2 is 1.43 bits per heavy atom. The first kappa shape index (κ1) is 30.4. The molecule has 0 radical (unpaired) electrons. The van der Waals surface area contributed by atoms with Crippen LogP contribution in [0.3, 0.4) is 0 Å². The molecule has 42 heavy (non-hydrogen) atoms. The van der Waals surface area contributed by atoms with E-state index >= 15 is 0 Å². The molecule has 4 rings (SSSR count). The van der Waals surface area contributed by atoms with Crippen molar-refractivity contribution < 1.29 is 33.3 Å². The van der Waals surface area contributed by atoms with Crippen LogP contribution in [-0.2, 0) is 22.7 Å². The Kier molecular flexibility index (Phi) is 10.1. The number of carbonyl (C=O) groups is 2. The number of halogens is 2. The lowest BCUT2D eigenvalue weighted by molar-refractivity contribution is -0.137. The van der Waals surface area contributed by atoms with Crippen molar-refractivity contribution in [1.82, 2.24) is 15.0 Å². The van der Waals surface area contributed by atoms with Crippen LogP contribution >= 0.6 is 23.2 Å². The molecular weight excluding hydrogens is 585 g/mol. The second kappa shape index (κ2) is 13.9. The van der Waals surface area contributed by atoms with E-state index in [9.17, 15) is 9.59 Å². The maximum absolute atomic E-state index is 13.4. The Hall–Kier alpha value is -4.54. The van der Waals surface area contributed by atoms with Gasteiger partial charge in [0.25, 0.3) is 0 Å². The van der Waals surface area contributed by atoms with E-state index < -0.39 is 5.97 Å². The number of Topliss-reactive ketones (excluding diaryl/α,β-unsaturated/α-hetero) is 1. The summed E-state index contributed by atoms with van der Waals surface area (Å²) in [6.07, 6.45) is 3.19. The number of carbonyl (C=O) groups excluding carboxylic acids is 2. The predicted molar refractivity (Wildman–Crippen MR) is 158 cm³/mol. The molecule has 0 saturated heterocycles. The molecule has 0 aliphatic carbocycles. The van der Waals surface area contributed by atoms with Crippen molar-refractivity contribution in [2.75, 3.05) is 28.4 Å². The largest absolute Gasteiger partial charge is 0.493 e. The van der Waals surface area contributed by atoms with E-state index in [0.717, 1.165) is 0 Å². The SMILES string of the molecule is COc1ccc(/C=C(/C(=O)OCc2cn(CC(=O)c3ccc(Cl)c(Cl)c3)nn2)c2ccc(OC)c(OC)c2)cc1OC. The zero-order valence-corrected chi connectivity index (χ0v) is 24.7. The molecule has 3 aromatic carbocycles. The molecule has 0 atom stereocenters. The van der Waals surface area contributed by atoms with Gasteiger partial charge in [0.05, 0.1) is 50.3 Å². The van der Waals surface area contributed by atoms with Crippen LogP contribution in [0.2, 0.25) is 10.0 Å². The van der Waals surface area contributed by atoms with Gasteiger partial charge in [-0.25, -0.2) is 9.48 Å². The van der Waals surface area contributed by atoms with Crippen molar-refractivity contribution in [3.05, 3.63) is 93.2 Å². The van der Waals surface area contributed by atoms with E-state index in [2.05, 4.69) is 10.3 Å². The molecule has 4 aromatic rings. The first-order valence-corrected chi connectivity index (χ1v) is 13.2. The molecule has 0 bridgehead atoms. The molecular formula is C30H27Cl2N3O7. The van der Waals surface area contributed by atoms with Crippen molar-refractivity contribution >= 4 is 46.6 Å². The highest BCUT2D eigenvalue weighted by atomic mass is 35.5. The number of rotatable bonds is 12. The summed E-state index contributed by atoms with van der Waals surface area (Å²) in [4.78, 5) is 26.1. The molecule has 0 N–H and O–H groups in total. The normalized spacial score (nSPS) is 11.1. The van der Waals surface area contributed by atoms with Crippen LogP contribution in [0.25, 0.3) is 11.6 Å². The van der Waals surface area contributed by atoms with Gasteiger partial charge in [-0.2, -0.15) is 0 Å². The summed E-state index contributed by atoms with van der Waals surface area (Å²) >= 11 is 12.0. The summed E-state index contributed by atoms with van der Waals surface area (Å²) in [5.74, 6) is 1.13. The summed E-state index contributed by atoms with van der Waals surface area (Å²) in [6, 6.07) is 15.0. The lowest BCUT2D eigenvalue weighted by Crippen LogP contribution is -2.11. The highest BCUT2D eigenvalue weighted by Crippen LogP contribution is 2.33. The van der Waals surface area contributed by atoms with Gasteiger partial charge in [-0.1, -0.05) is 40.5 Å². The summed E-state index contributed by atoms with van der Waals surface area (Å²) in [5, 5.41) is 8.63. The number of methoxy groups -OCH3 is 4. The summed E-state index contributed by atoms with van der Waals surface area (Å²) in [7, 11) is 6.10. The summed E-state index contributed by atoms with van der Waals surface area (Å²) in [6.45, 7) is -0.272. The average Bonchev–Trinajstić information content (AvgIpc) is 3.46. The zero-order chi connectivity index (χ0) is 30.2. The molecule has 0 saturated carbocycles. The maximum atomic E-state index is 13.4. The molecule has 12 heteroatoms. The fourth-order valence-corrected chi connectivity index (χ4v) is 4.28. The molecule has 0 aliphatic heterocycles. The van der Waals surface area contributed by atoms with E-state index in [0.29, 0.717) is 50.4 Å². The van der Waals surface area contributed by atoms with Crippen molar-refractivity contribution in [2.45, 2.75) is 13.2 Å². The van der Waals surface area contributed by atoms with Gasteiger partial charge < -0.3 is 23.7 Å². The average molecular weight is 612 g/mol. The van der Waals surface area contributed by atoms with Gasteiger partial charge in [-0.3, -0.25) is 4.79 Å². The molecule has 0 amide bonds. The second-order valence-corrected chi connectivity index (χ2v) is 9.59. The smallest absolute Gasteiger partial charge is 0.339 e. The minimum absolute atomic E-state index is 0.0883. The van der Waals surface area contributed by atoms with Gasteiger partial charge >= 0.3 is 5.97 Å². The molecule has 218 valence electrons. The van der Waals surface area contributed by atoms with Crippen LogP contribution in [0, 0.1) is 0 Å². The Balaban J connectivity index is 1.55. The third-order valence-electron chi connectivity index (χ3n) is 6.12. The Labute approximate surface area is 252 Å². The van der Waals surface area contributed by atoms with Gasteiger partial charge in [0.15, 0.2) is 28.8 Å². The van der Waals surface area contributed by atoms with Crippen molar-refractivity contribution in [3.8, 4) is 23.0 Å².